The Morgan fingerprint density at radius 1 is 0.957 bits per heavy atom. The van der Waals surface area contributed by atoms with Crippen molar-refractivity contribution < 1.29 is 5.11 Å². The third-order valence-electron chi connectivity index (χ3n) is 4.71. The third-order valence-corrected chi connectivity index (χ3v) is 4.71. The molecule has 0 unspecified atom stereocenters. The maximum absolute atomic E-state index is 10.6. The van der Waals surface area contributed by atoms with Crippen molar-refractivity contribution in [3.8, 4) is 0 Å². The second-order valence-corrected chi connectivity index (χ2v) is 6.50. The molecule has 0 spiro atoms. The molecule has 3 nitrogen and oxygen atoms in total. The van der Waals surface area contributed by atoms with Gasteiger partial charge in [-0.3, -0.25) is 4.90 Å². The predicted octanol–water partition coefficient (Wildman–Crippen LogP) is 3.16. The highest BCUT2D eigenvalue weighted by Crippen LogP contribution is 2.21. The summed E-state index contributed by atoms with van der Waals surface area (Å²) in [6.45, 7) is 8.92. The number of β-amino-alcohol motifs (C(OH)–C–C–N with tert-alkyl or cyclic N) is 1. The van der Waals surface area contributed by atoms with Gasteiger partial charge in [0.1, 0.15) is 0 Å². The highest BCUT2D eigenvalue weighted by molar-refractivity contribution is 5.46. The average Bonchev–Trinajstić information content (AvgIpc) is 2.56. The maximum Gasteiger partial charge on any atom is 0.0919 e. The summed E-state index contributed by atoms with van der Waals surface area (Å²) in [5, 5.41) is 10.6. The largest absolute Gasteiger partial charge is 0.387 e. The Kier molecular flexibility index (Phi) is 4.99. The average molecular weight is 310 g/mol. The van der Waals surface area contributed by atoms with E-state index in [1.165, 1.54) is 16.8 Å². The molecule has 1 fully saturated rings. The number of aliphatic hydroxyl groups excluding tert-OH is 1. The minimum absolute atomic E-state index is 0.404. The standard InChI is InChI=1S/C20H26N2O/c1-16-8-9-19(17(2)14-16)20(23)15-21-10-12-22(13-11-21)18-6-4-3-5-7-18/h3-9,14,20,23H,10-13,15H2,1-2H3/t20-/m1/s1. The number of benzene rings is 2. The molecule has 0 aromatic heterocycles. The molecule has 122 valence electrons. The molecule has 0 amide bonds. The number of anilines is 1. The van der Waals surface area contributed by atoms with E-state index in [-0.39, 0.29) is 0 Å². The molecule has 0 radical (unpaired) electrons. The van der Waals surface area contributed by atoms with Crippen LogP contribution in [0.25, 0.3) is 0 Å². The normalized spacial score (nSPS) is 17.3. The Morgan fingerprint density at radius 3 is 2.30 bits per heavy atom. The number of aryl methyl sites for hydroxylation is 2. The molecular formula is C20H26N2O. The Hall–Kier alpha value is -1.84. The Morgan fingerprint density at radius 2 is 1.65 bits per heavy atom. The van der Waals surface area contributed by atoms with Crippen LogP contribution in [0.15, 0.2) is 48.5 Å². The van der Waals surface area contributed by atoms with E-state index in [1.54, 1.807) is 0 Å². The predicted molar refractivity (Wildman–Crippen MR) is 96.0 cm³/mol. The lowest BCUT2D eigenvalue weighted by Gasteiger charge is -2.37. The first-order valence-corrected chi connectivity index (χ1v) is 8.41. The number of nitrogens with zero attached hydrogens (tertiary/aromatic N) is 2. The van der Waals surface area contributed by atoms with Crippen molar-refractivity contribution >= 4 is 5.69 Å². The van der Waals surface area contributed by atoms with Crippen LogP contribution in [0.4, 0.5) is 5.69 Å². The molecule has 1 atom stereocenters. The van der Waals surface area contributed by atoms with Crippen LogP contribution in [0, 0.1) is 13.8 Å². The second-order valence-electron chi connectivity index (χ2n) is 6.50. The summed E-state index contributed by atoms with van der Waals surface area (Å²) in [7, 11) is 0. The fourth-order valence-electron chi connectivity index (χ4n) is 3.37. The molecule has 0 aliphatic carbocycles. The second kappa shape index (κ2) is 7.16. The van der Waals surface area contributed by atoms with Crippen molar-refractivity contribution in [2.75, 3.05) is 37.6 Å². The van der Waals surface area contributed by atoms with Crippen molar-refractivity contribution in [2.45, 2.75) is 20.0 Å². The van der Waals surface area contributed by atoms with E-state index < -0.39 is 6.10 Å². The molecule has 0 bridgehead atoms. The van der Waals surface area contributed by atoms with Crippen LogP contribution in [0.1, 0.15) is 22.8 Å². The lowest BCUT2D eigenvalue weighted by atomic mass is 10.0. The monoisotopic (exact) mass is 310 g/mol. The summed E-state index contributed by atoms with van der Waals surface area (Å²) in [5.41, 5.74) is 4.78. The first-order chi connectivity index (χ1) is 11.1. The topological polar surface area (TPSA) is 26.7 Å². The molecule has 1 aliphatic rings. The number of hydrogen-bond acceptors (Lipinski definition) is 3. The van der Waals surface area contributed by atoms with E-state index in [9.17, 15) is 5.11 Å². The fourth-order valence-corrected chi connectivity index (χ4v) is 3.37. The number of aliphatic hydroxyl groups is 1. The van der Waals surface area contributed by atoms with Gasteiger partial charge in [-0.25, -0.2) is 0 Å². The molecule has 1 N–H and O–H groups in total. The Labute approximate surface area is 139 Å². The molecular weight excluding hydrogens is 284 g/mol. The van der Waals surface area contributed by atoms with Crippen LogP contribution in [0.3, 0.4) is 0 Å². The van der Waals surface area contributed by atoms with Gasteiger partial charge in [0, 0.05) is 38.4 Å². The molecule has 2 aromatic carbocycles. The van der Waals surface area contributed by atoms with Crippen molar-refractivity contribution in [2.24, 2.45) is 0 Å². The Balaban J connectivity index is 1.56. The van der Waals surface area contributed by atoms with Gasteiger partial charge in [-0.1, -0.05) is 42.0 Å². The third kappa shape index (κ3) is 3.92. The maximum atomic E-state index is 10.6. The Bertz CT molecular complexity index is 633. The van der Waals surface area contributed by atoms with Gasteiger partial charge in [0.05, 0.1) is 6.10 Å². The van der Waals surface area contributed by atoms with E-state index >= 15 is 0 Å². The zero-order chi connectivity index (χ0) is 16.2. The van der Waals surface area contributed by atoms with Gasteiger partial charge in [0.2, 0.25) is 0 Å². The summed E-state index contributed by atoms with van der Waals surface area (Å²) >= 11 is 0. The molecule has 3 rings (SSSR count). The molecule has 2 aromatic rings. The fraction of sp³-hybridized carbons (Fsp3) is 0.400. The van der Waals surface area contributed by atoms with Gasteiger partial charge < -0.3 is 10.0 Å². The van der Waals surface area contributed by atoms with Gasteiger partial charge in [0.15, 0.2) is 0 Å². The number of hydrogen-bond donors (Lipinski definition) is 1. The van der Waals surface area contributed by atoms with Crippen molar-refractivity contribution in [1.29, 1.82) is 0 Å². The summed E-state index contributed by atoms with van der Waals surface area (Å²) in [6, 6.07) is 16.9. The van der Waals surface area contributed by atoms with Crippen LogP contribution in [0.2, 0.25) is 0 Å². The summed E-state index contributed by atoms with van der Waals surface area (Å²) < 4.78 is 0. The zero-order valence-corrected chi connectivity index (χ0v) is 14.1. The van der Waals surface area contributed by atoms with Gasteiger partial charge in [-0.05, 0) is 37.1 Å². The van der Waals surface area contributed by atoms with E-state index in [0.29, 0.717) is 6.54 Å². The van der Waals surface area contributed by atoms with Gasteiger partial charge in [-0.2, -0.15) is 0 Å². The SMILES string of the molecule is Cc1ccc([C@H](O)CN2CCN(c3ccccc3)CC2)c(C)c1. The van der Waals surface area contributed by atoms with E-state index in [4.69, 9.17) is 0 Å². The molecule has 0 saturated carbocycles. The smallest absolute Gasteiger partial charge is 0.0919 e. The van der Waals surface area contributed by atoms with Gasteiger partial charge in [0.25, 0.3) is 0 Å². The first kappa shape index (κ1) is 16.0. The molecule has 23 heavy (non-hydrogen) atoms. The van der Waals surface area contributed by atoms with E-state index in [1.807, 2.05) is 0 Å². The highest BCUT2D eigenvalue weighted by atomic mass is 16.3. The highest BCUT2D eigenvalue weighted by Gasteiger charge is 2.20. The van der Waals surface area contributed by atoms with E-state index in [2.05, 4.69) is 72.2 Å². The van der Waals surface area contributed by atoms with Crippen molar-refractivity contribution in [3.05, 3.63) is 65.2 Å². The lowest BCUT2D eigenvalue weighted by Crippen LogP contribution is -2.47. The molecule has 3 heteroatoms. The molecule has 1 saturated heterocycles. The molecule has 1 heterocycles. The first-order valence-electron chi connectivity index (χ1n) is 8.41. The quantitative estimate of drug-likeness (QED) is 0.940. The number of rotatable bonds is 4. The summed E-state index contributed by atoms with van der Waals surface area (Å²) in [5.74, 6) is 0. The minimum atomic E-state index is -0.404. The van der Waals surface area contributed by atoms with E-state index in [0.717, 1.165) is 31.7 Å². The number of para-hydroxylation sites is 1. The zero-order valence-electron chi connectivity index (χ0n) is 14.1. The van der Waals surface area contributed by atoms with Crippen molar-refractivity contribution in [3.63, 3.8) is 0 Å². The van der Waals surface area contributed by atoms with Crippen molar-refractivity contribution in [1.82, 2.24) is 4.90 Å². The van der Waals surface area contributed by atoms with Crippen LogP contribution < -0.4 is 4.90 Å². The van der Waals surface area contributed by atoms with Crippen LogP contribution in [0.5, 0.6) is 0 Å². The van der Waals surface area contributed by atoms with Crippen LogP contribution >= 0.6 is 0 Å². The molecule has 1 aliphatic heterocycles. The lowest BCUT2D eigenvalue weighted by molar-refractivity contribution is 0.109. The number of piperazine rings is 1. The summed E-state index contributed by atoms with van der Waals surface area (Å²) in [6.07, 6.45) is -0.404. The van der Waals surface area contributed by atoms with Crippen LogP contribution in [-0.2, 0) is 0 Å². The van der Waals surface area contributed by atoms with Gasteiger partial charge in [-0.15, -0.1) is 0 Å². The minimum Gasteiger partial charge on any atom is -0.387 e. The summed E-state index contributed by atoms with van der Waals surface area (Å²) in [4.78, 5) is 4.78. The van der Waals surface area contributed by atoms with Crippen LogP contribution in [-0.4, -0.2) is 42.7 Å². The van der Waals surface area contributed by atoms with Gasteiger partial charge >= 0.3 is 0 Å².